The molecular formula is C16H22ClN3O2. The predicted octanol–water partition coefficient (Wildman–Crippen LogP) is 2.40. The maximum absolute atomic E-state index is 12.1. The lowest BCUT2D eigenvalue weighted by molar-refractivity contribution is -0.120. The van der Waals surface area contributed by atoms with Crippen LogP contribution in [0.3, 0.4) is 0 Å². The number of nitrogens with one attached hydrogen (secondary N) is 3. The Bertz CT molecular complexity index is 523. The van der Waals surface area contributed by atoms with Gasteiger partial charge in [-0.3, -0.25) is 9.59 Å². The molecule has 120 valence electrons. The highest BCUT2D eigenvalue weighted by Gasteiger charge is 2.29. The van der Waals surface area contributed by atoms with Crippen LogP contribution >= 0.6 is 12.4 Å². The fraction of sp³-hybridized carbons (Fsp3) is 0.500. The van der Waals surface area contributed by atoms with Gasteiger partial charge in [0.2, 0.25) is 11.8 Å². The summed E-state index contributed by atoms with van der Waals surface area (Å²) in [4.78, 5) is 23.8. The van der Waals surface area contributed by atoms with Gasteiger partial charge in [-0.1, -0.05) is 0 Å². The summed E-state index contributed by atoms with van der Waals surface area (Å²) in [6.07, 6.45) is 3.98. The number of carbonyl (C=O) groups excluding carboxylic acids is 2. The Morgan fingerprint density at radius 1 is 0.909 bits per heavy atom. The summed E-state index contributed by atoms with van der Waals surface area (Å²) in [6, 6.07) is 7.32. The van der Waals surface area contributed by atoms with Crippen LogP contribution in [0.5, 0.6) is 0 Å². The van der Waals surface area contributed by atoms with E-state index in [4.69, 9.17) is 0 Å². The van der Waals surface area contributed by atoms with Crippen molar-refractivity contribution in [1.29, 1.82) is 0 Å². The lowest BCUT2D eigenvalue weighted by Gasteiger charge is -2.21. The van der Waals surface area contributed by atoms with Crippen molar-refractivity contribution in [2.75, 3.05) is 23.7 Å². The maximum Gasteiger partial charge on any atom is 0.228 e. The van der Waals surface area contributed by atoms with Crippen molar-refractivity contribution in [3.05, 3.63) is 24.3 Å². The molecular weight excluding hydrogens is 302 g/mol. The molecule has 0 radical (unpaired) electrons. The van der Waals surface area contributed by atoms with Gasteiger partial charge in [-0.25, -0.2) is 0 Å². The molecule has 22 heavy (non-hydrogen) atoms. The van der Waals surface area contributed by atoms with Crippen molar-refractivity contribution in [3.63, 3.8) is 0 Å². The van der Waals surface area contributed by atoms with E-state index in [1.165, 1.54) is 0 Å². The van der Waals surface area contributed by atoms with Gasteiger partial charge in [0.1, 0.15) is 0 Å². The van der Waals surface area contributed by atoms with Crippen LogP contribution < -0.4 is 16.0 Å². The monoisotopic (exact) mass is 323 g/mol. The normalized spacial score (nSPS) is 20.6. The molecule has 0 spiro atoms. The zero-order chi connectivity index (χ0) is 14.7. The van der Waals surface area contributed by atoms with Crippen LogP contribution in [0.15, 0.2) is 24.3 Å². The Morgan fingerprint density at radius 2 is 1.45 bits per heavy atom. The highest BCUT2D eigenvalue weighted by atomic mass is 35.5. The van der Waals surface area contributed by atoms with E-state index in [-0.39, 0.29) is 36.1 Å². The van der Waals surface area contributed by atoms with Crippen molar-refractivity contribution in [2.45, 2.75) is 25.7 Å². The second kappa shape index (κ2) is 7.61. The topological polar surface area (TPSA) is 70.2 Å². The summed E-state index contributed by atoms with van der Waals surface area (Å²) in [5, 5.41) is 9.06. The quantitative estimate of drug-likeness (QED) is 0.797. The number of benzene rings is 1. The number of rotatable bonds is 4. The minimum Gasteiger partial charge on any atom is -0.326 e. The van der Waals surface area contributed by atoms with E-state index in [1.54, 1.807) is 0 Å². The third-order valence-electron chi connectivity index (χ3n) is 4.04. The van der Waals surface area contributed by atoms with E-state index >= 15 is 0 Å². The molecule has 2 aliphatic rings. The molecule has 1 atom stereocenters. The van der Waals surface area contributed by atoms with Crippen molar-refractivity contribution >= 4 is 35.6 Å². The molecule has 0 aromatic heterocycles. The summed E-state index contributed by atoms with van der Waals surface area (Å²) in [7, 11) is 0. The number of halogens is 1. The van der Waals surface area contributed by atoms with Crippen molar-refractivity contribution in [2.24, 2.45) is 11.8 Å². The molecule has 1 saturated heterocycles. The Morgan fingerprint density at radius 3 is 1.91 bits per heavy atom. The van der Waals surface area contributed by atoms with Crippen molar-refractivity contribution in [3.8, 4) is 0 Å². The van der Waals surface area contributed by atoms with Crippen LogP contribution in [0.1, 0.15) is 25.7 Å². The average Bonchev–Trinajstić information content (AvgIpc) is 3.35. The van der Waals surface area contributed by atoms with E-state index < -0.39 is 0 Å². The van der Waals surface area contributed by atoms with Gasteiger partial charge in [0.25, 0.3) is 0 Å². The lowest BCUT2D eigenvalue weighted by Crippen LogP contribution is -2.37. The molecule has 3 rings (SSSR count). The molecule has 1 unspecified atom stereocenters. The second-order valence-electron chi connectivity index (χ2n) is 5.87. The largest absolute Gasteiger partial charge is 0.326 e. The summed E-state index contributed by atoms with van der Waals surface area (Å²) < 4.78 is 0. The van der Waals surface area contributed by atoms with E-state index in [1.807, 2.05) is 24.3 Å². The molecule has 3 N–H and O–H groups in total. The van der Waals surface area contributed by atoms with Gasteiger partial charge in [0.05, 0.1) is 5.92 Å². The standard InChI is InChI=1S/C16H21N3O2.ClH/c20-15(11-3-4-11)18-13-5-7-14(8-6-13)19-16(21)12-2-1-9-17-10-12;/h5-8,11-12,17H,1-4,9-10H2,(H,18,20)(H,19,21);1H. The molecule has 1 saturated carbocycles. The third-order valence-corrected chi connectivity index (χ3v) is 4.04. The number of hydrogen-bond acceptors (Lipinski definition) is 3. The molecule has 1 heterocycles. The Hall–Kier alpha value is -1.59. The van der Waals surface area contributed by atoms with Crippen LogP contribution in [-0.2, 0) is 9.59 Å². The van der Waals surface area contributed by atoms with Crippen LogP contribution in [0, 0.1) is 11.8 Å². The maximum atomic E-state index is 12.1. The summed E-state index contributed by atoms with van der Waals surface area (Å²) >= 11 is 0. The van der Waals surface area contributed by atoms with Gasteiger partial charge in [0.15, 0.2) is 0 Å². The predicted molar refractivity (Wildman–Crippen MR) is 89.3 cm³/mol. The van der Waals surface area contributed by atoms with Gasteiger partial charge >= 0.3 is 0 Å². The van der Waals surface area contributed by atoms with Gasteiger partial charge in [-0.2, -0.15) is 0 Å². The fourth-order valence-electron chi connectivity index (χ4n) is 2.55. The summed E-state index contributed by atoms with van der Waals surface area (Å²) in [5.74, 6) is 0.410. The first-order chi connectivity index (χ1) is 10.2. The van der Waals surface area contributed by atoms with Gasteiger partial charge in [0, 0.05) is 23.8 Å². The van der Waals surface area contributed by atoms with E-state index in [0.29, 0.717) is 0 Å². The molecule has 0 bridgehead atoms. The average molecular weight is 324 g/mol. The third kappa shape index (κ3) is 4.45. The summed E-state index contributed by atoms with van der Waals surface area (Å²) in [5.41, 5.74) is 1.55. The Kier molecular flexibility index (Phi) is 5.80. The number of anilines is 2. The van der Waals surface area contributed by atoms with E-state index in [9.17, 15) is 9.59 Å². The van der Waals surface area contributed by atoms with E-state index in [2.05, 4.69) is 16.0 Å². The SMILES string of the molecule is Cl.O=C(Nc1ccc(NC(=O)C2CCCNC2)cc1)C1CC1. The van der Waals surface area contributed by atoms with Crippen molar-refractivity contribution < 1.29 is 9.59 Å². The van der Waals surface area contributed by atoms with Crippen LogP contribution in [0.4, 0.5) is 11.4 Å². The highest BCUT2D eigenvalue weighted by Crippen LogP contribution is 2.30. The first kappa shape index (κ1) is 16.8. The molecule has 1 aromatic carbocycles. The molecule has 1 aliphatic carbocycles. The minimum atomic E-state index is 0. The Balaban J connectivity index is 0.00000176. The van der Waals surface area contributed by atoms with Gasteiger partial charge in [-0.05, 0) is 56.5 Å². The molecule has 1 aromatic rings. The first-order valence-corrected chi connectivity index (χ1v) is 7.65. The Labute approximate surface area is 136 Å². The van der Waals surface area contributed by atoms with Crippen LogP contribution in [0.25, 0.3) is 0 Å². The smallest absolute Gasteiger partial charge is 0.228 e. The summed E-state index contributed by atoms with van der Waals surface area (Å²) in [6.45, 7) is 1.75. The van der Waals surface area contributed by atoms with Crippen LogP contribution in [-0.4, -0.2) is 24.9 Å². The molecule has 5 nitrogen and oxygen atoms in total. The van der Waals surface area contributed by atoms with Crippen molar-refractivity contribution in [1.82, 2.24) is 5.32 Å². The number of piperidine rings is 1. The number of carbonyl (C=O) groups is 2. The highest BCUT2D eigenvalue weighted by molar-refractivity contribution is 5.95. The van der Waals surface area contributed by atoms with Gasteiger partial charge < -0.3 is 16.0 Å². The lowest BCUT2D eigenvalue weighted by atomic mass is 9.99. The number of amides is 2. The zero-order valence-corrected chi connectivity index (χ0v) is 13.2. The van der Waals surface area contributed by atoms with Gasteiger partial charge in [-0.15, -0.1) is 12.4 Å². The second-order valence-corrected chi connectivity index (χ2v) is 5.87. The fourth-order valence-corrected chi connectivity index (χ4v) is 2.55. The molecule has 1 aliphatic heterocycles. The minimum absolute atomic E-state index is 0. The van der Waals surface area contributed by atoms with E-state index in [0.717, 1.165) is 50.1 Å². The number of hydrogen-bond donors (Lipinski definition) is 3. The first-order valence-electron chi connectivity index (χ1n) is 7.65. The molecule has 6 heteroatoms. The zero-order valence-electron chi connectivity index (χ0n) is 12.4. The molecule has 2 amide bonds. The van der Waals surface area contributed by atoms with Crippen LogP contribution in [0.2, 0.25) is 0 Å². The molecule has 2 fully saturated rings.